The number of nitrogen functional groups attached to an aromatic ring is 1. The third-order valence-corrected chi connectivity index (χ3v) is 2.72. The van der Waals surface area contributed by atoms with Gasteiger partial charge in [-0.15, -0.1) is 0 Å². The van der Waals surface area contributed by atoms with Crippen molar-refractivity contribution >= 4 is 5.69 Å². The maximum Gasteiger partial charge on any atom is 0.416 e. The minimum Gasteiger partial charge on any atom is -0.506 e. The van der Waals surface area contributed by atoms with E-state index in [1.54, 1.807) is 12.1 Å². The van der Waals surface area contributed by atoms with E-state index < -0.39 is 11.7 Å². The molecule has 0 aliphatic carbocycles. The molecule has 2 rings (SSSR count). The number of benzene rings is 2. The highest BCUT2D eigenvalue weighted by Gasteiger charge is 2.29. The van der Waals surface area contributed by atoms with E-state index in [2.05, 4.69) is 0 Å². The van der Waals surface area contributed by atoms with Crippen molar-refractivity contribution in [1.82, 2.24) is 0 Å². The fourth-order valence-corrected chi connectivity index (χ4v) is 1.61. The van der Waals surface area contributed by atoms with Crippen LogP contribution in [0, 0.1) is 0 Å². The predicted molar refractivity (Wildman–Crippen MR) is 68.3 cm³/mol. The van der Waals surface area contributed by atoms with E-state index in [1.807, 2.05) is 0 Å². The Bertz CT molecular complexity index is 594. The first-order chi connectivity index (χ1) is 9.38. The Balaban J connectivity index is 2.06. The van der Waals surface area contributed by atoms with Crippen LogP contribution in [0.1, 0.15) is 11.1 Å². The molecular weight excluding hydrogens is 271 g/mol. The molecule has 0 atom stereocenters. The van der Waals surface area contributed by atoms with Crippen molar-refractivity contribution in [1.29, 1.82) is 0 Å². The van der Waals surface area contributed by atoms with Gasteiger partial charge < -0.3 is 15.6 Å². The first-order valence-corrected chi connectivity index (χ1v) is 5.74. The number of aromatic hydroxyl groups is 1. The highest BCUT2D eigenvalue weighted by atomic mass is 19.4. The molecule has 0 saturated carbocycles. The number of nitrogens with two attached hydrogens (primary N) is 1. The monoisotopic (exact) mass is 283 g/mol. The number of phenols is 1. The number of phenolic OH excluding ortho intramolecular Hbond substituents is 1. The van der Waals surface area contributed by atoms with Crippen LogP contribution in [0.25, 0.3) is 0 Å². The zero-order chi connectivity index (χ0) is 14.8. The largest absolute Gasteiger partial charge is 0.506 e. The number of ether oxygens (including phenoxy) is 1. The van der Waals surface area contributed by atoms with E-state index >= 15 is 0 Å². The first-order valence-electron chi connectivity index (χ1n) is 5.74. The summed E-state index contributed by atoms with van der Waals surface area (Å²) in [4.78, 5) is 0. The van der Waals surface area contributed by atoms with Crippen LogP contribution in [0.5, 0.6) is 11.5 Å². The maximum atomic E-state index is 12.4. The van der Waals surface area contributed by atoms with Gasteiger partial charge in [-0.25, -0.2) is 0 Å². The summed E-state index contributed by atoms with van der Waals surface area (Å²) in [5.74, 6) is 0.180. The van der Waals surface area contributed by atoms with Gasteiger partial charge in [-0.3, -0.25) is 0 Å². The minimum absolute atomic E-state index is 0.0613. The van der Waals surface area contributed by atoms with Crippen LogP contribution in [0.4, 0.5) is 18.9 Å². The number of para-hydroxylation sites is 1. The summed E-state index contributed by atoms with van der Waals surface area (Å²) in [5.41, 5.74) is 5.56. The molecule has 2 aromatic carbocycles. The van der Waals surface area contributed by atoms with Gasteiger partial charge in [0.15, 0.2) is 0 Å². The van der Waals surface area contributed by atoms with Crippen molar-refractivity contribution in [3.05, 3.63) is 53.6 Å². The fourth-order valence-electron chi connectivity index (χ4n) is 1.61. The van der Waals surface area contributed by atoms with Crippen molar-refractivity contribution in [2.45, 2.75) is 12.8 Å². The molecule has 0 aliphatic heterocycles. The average Bonchev–Trinajstić information content (AvgIpc) is 2.40. The summed E-state index contributed by atoms with van der Waals surface area (Å²) >= 11 is 0. The molecule has 3 N–H and O–H groups in total. The molecule has 0 fully saturated rings. The molecule has 20 heavy (non-hydrogen) atoms. The lowest BCUT2D eigenvalue weighted by atomic mass is 10.1. The van der Waals surface area contributed by atoms with E-state index in [4.69, 9.17) is 10.5 Å². The zero-order valence-corrected chi connectivity index (χ0v) is 10.3. The lowest BCUT2D eigenvalue weighted by Crippen LogP contribution is -2.05. The molecule has 0 amide bonds. The Morgan fingerprint density at radius 1 is 1.05 bits per heavy atom. The predicted octanol–water partition coefficient (Wildman–Crippen LogP) is 3.57. The Morgan fingerprint density at radius 2 is 1.70 bits per heavy atom. The number of rotatable bonds is 3. The molecule has 6 heteroatoms. The summed E-state index contributed by atoms with van der Waals surface area (Å²) in [5, 5.41) is 9.39. The minimum atomic E-state index is -4.35. The van der Waals surface area contributed by atoms with Crippen molar-refractivity contribution in [3.63, 3.8) is 0 Å². The van der Waals surface area contributed by atoms with Crippen LogP contribution in [-0.2, 0) is 12.8 Å². The number of halogens is 3. The third-order valence-electron chi connectivity index (χ3n) is 2.72. The number of hydrogen-bond acceptors (Lipinski definition) is 3. The summed E-state index contributed by atoms with van der Waals surface area (Å²) in [6.07, 6.45) is -4.35. The summed E-state index contributed by atoms with van der Waals surface area (Å²) in [6.45, 7) is 0.0613. The Morgan fingerprint density at radius 3 is 2.30 bits per heavy atom. The highest BCUT2D eigenvalue weighted by Crippen LogP contribution is 2.31. The highest BCUT2D eigenvalue weighted by molar-refractivity contribution is 5.61. The van der Waals surface area contributed by atoms with E-state index in [1.165, 1.54) is 18.2 Å². The molecule has 0 aromatic heterocycles. The molecule has 3 nitrogen and oxygen atoms in total. The number of alkyl halides is 3. The smallest absolute Gasteiger partial charge is 0.416 e. The van der Waals surface area contributed by atoms with Gasteiger partial charge in [0, 0.05) is 0 Å². The lowest BCUT2D eigenvalue weighted by Gasteiger charge is -2.11. The third kappa shape index (κ3) is 3.14. The van der Waals surface area contributed by atoms with Gasteiger partial charge >= 0.3 is 6.18 Å². The molecular formula is C14H12F3NO2. The van der Waals surface area contributed by atoms with Crippen molar-refractivity contribution in [3.8, 4) is 11.5 Å². The van der Waals surface area contributed by atoms with E-state index in [9.17, 15) is 18.3 Å². The second-order valence-electron chi connectivity index (χ2n) is 4.17. The average molecular weight is 283 g/mol. The molecule has 106 valence electrons. The second kappa shape index (κ2) is 5.32. The number of anilines is 1. The summed E-state index contributed by atoms with van der Waals surface area (Å²) < 4.78 is 42.5. The topological polar surface area (TPSA) is 55.5 Å². The van der Waals surface area contributed by atoms with E-state index in [0.29, 0.717) is 5.56 Å². The van der Waals surface area contributed by atoms with Crippen molar-refractivity contribution < 1.29 is 23.0 Å². The molecule has 0 saturated heterocycles. The molecule has 0 aliphatic rings. The van der Waals surface area contributed by atoms with Crippen molar-refractivity contribution in [2.75, 3.05) is 5.73 Å². The van der Waals surface area contributed by atoms with Crippen LogP contribution in [-0.4, -0.2) is 5.11 Å². The fraction of sp³-hybridized carbons (Fsp3) is 0.143. The quantitative estimate of drug-likeness (QED) is 0.668. The first kappa shape index (κ1) is 14.0. The van der Waals surface area contributed by atoms with Crippen LogP contribution < -0.4 is 10.5 Å². The molecule has 0 radical (unpaired) electrons. The lowest BCUT2D eigenvalue weighted by molar-refractivity contribution is -0.137. The Labute approximate surface area is 113 Å². The van der Waals surface area contributed by atoms with Gasteiger partial charge in [0.05, 0.1) is 5.56 Å². The van der Waals surface area contributed by atoms with Crippen LogP contribution in [0.3, 0.4) is 0 Å². The molecule has 0 spiro atoms. The standard InChI is InChI=1S/C14H12F3NO2/c15-14(16,17)10-6-4-9(5-7-10)8-20-12-3-1-2-11(19)13(12)18/h1-7,19H,8,18H2. The number of hydrogen-bond donors (Lipinski definition) is 2. The Kier molecular flexibility index (Phi) is 3.74. The SMILES string of the molecule is Nc1c(O)cccc1OCc1ccc(C(F)(F)F)cc1. The van der Waals surface area contributed by atoms with E-state index in [0.717, 1.165) is 12.1 Å². The molecule has 0 bridgehead atoms. The van der Waals surface area contributed by atoms with Gasteiger partial charge in [0.25, 0.3) is 0 Å². The van der Waals surface area contributed by atoms with Crippen LogP contribution in [0.15, 0.2) is 42.5 Å². The maximum absolute atomic E-state index is 12.4. The zero-order valence-electron chi connectivity index (χ0n) is 10.3. The normalized spacial score (nSPS) is 11.3. The van der Waals surface area contributed by atoms with Gasteiger partial charge in [-0.05, 0) is 29.8 Å². The van der Waals surface area contributed by atoms with E-state index in [-0.39, 0.29) is 23.8 Å². The van der Waals surface area contributed by atoms with Gasteiger partial charge in [0.1, 0.15) is 23.8 Å². The van der Waals surface area contributed by atoms with Crippen LogP contribution >= 0.6 is 0 Å². The summed E-state index contributed by atoms with van der Waals surface area (Å²) in [6, 6.07) is 9.20. The van der Waals surface area contributed by atoms with Crippen molar-refractivity contribution in [2.24, 2.45) is 0 Å². The van der Waals surface area contributed by atoms with Gasteiger partial charge in [0.2, 0.25) is 0 Å². The Hall–Kier alpha value is -2.37. The second-order valence-corrected chi connectivity index (χ2v) is 4.17. The van der Waals surface area contributed by atoms with Gasteiger partial charge in [-0.2, -0.15) is 13.2 Å². The molecule has 0 unspecified atom stereocenters. The van der Waals surface area contributed by atoms with Gasteiger partial charge in [-0.1, -0.05) is 18.2 Å². The molecule has 0 heterocycles. The van der Waals surface area contributed by atoms with Crippen LogP contribution in [0.2, 0.25) is 0 Å². The summed E-state index contributed by atoms with van der Waals surface area (Å²) in [7, 11) is 0. The molecule has 2 aromatic rings.